The summed E-state index contributed by atoms with van der Waals surface area (Å²) in [7, 11) is 0. The third kappa shape index (κ3) is 4.66. The van der Waals surface area contributed by atoms with E-state index in [1.165, 1.54) is 0 Å². The van der Waals surface area contributed by atoms with Crippen LogP contribution in [0.2, 0.25) is 0 Å². The van der Waals surface area contributed by atoms with E-state index < -0.39 is 6.29 Å². The molecular weight excluding hydrogens is 158 g/mol. The van der Waals surface area contributed by atoms with Crippen LogP contribution in [0, 0.1) is 6.23 Å². The number of hydrogen-bond donors (Lipinski definition) is 1. The van der Waals surface area contributed by atoms with E-state index in [4.69, 9.17) is 19.9 Å². The van der Waals surface area contributed by atoms with Crippen molar-refractivity contribution < 1.29 is 14.2 Å². The van der Waals surface area contributed by atoms with Gasteiger partial charge in [0.05, 0.1) is 0 Å². The van der Waals surface area contributed by atoms with Gasteiger partial charge >= 0.3 is 0 Å². The molecule has 0 aliphatic rings. The maximum atomic E-state index is 5.55. The molecule has 0 atom stereocenters. The predicted molar refractivity (Wildman–Crippen MR) is 46.1 cm³/mol. The summed E-state index contributed by atoms with van der Waals surface area (Å²) in [6.45, 7) is 7.26. The van der Waals surface area contributed by atoms with Crippen LogP contribution in [0.15, 0.2) is 0 Å². The highest BCUT2D eigenvalue weighted by Gasteiger charge is 2.19. The Bertz CT molecular complexity index is 94.3. The minimum Gasteiger partial charge on any atom is -0.352 e. The van der Waals surface area contributed by atoms with Gasteiger partial charge in [0.1, 0.15) is 0 Å². The SMILES string of the molecule is CCO[C](N)C(OCC)OCC. The van der Waals surface area contributed by atoms with Gasteiger partial charge in [0.15, 0.2) is 0 Å². The van der Waals surface area contributed by atoms with Crippen LogP contribution in [0.5, 0.6) is 0 Å². The second-order valence-electron chi connectivity index (χ2n) is 2.08. The molecule has 0 saturated carbocycles. The summed E-state index contributed by atoms with van der Waals surface area (Å²) >= 11 is 0. The summed E-state index contributed by atoms with van der Waals surface area (Å²) < 4.78 is 15.4. The number of hydrogen-bond acceptors (Lipinski definition) is 4. The molecule has 0 aromatic carbocycles. The fourth-order valence-electron chi connectivity index (χ4n) is 0.750. The van der Waals surface area contributed by atoms with Crippen molar-refractivity contribution in [2.45, 2.75) is 27.1 Å². The van der Waals surface area contributed by atoms with Crippen LogP contribution in [0.3, 0.4) is 0 Å². The molecule has 0 aliphatic heterocycles. The minimum absolute atomic E-state index is 0.293. The molecule has 0 fully saturated rings. The van der Waals surface area contributed by atoms with Crippen molar-refractivity contribution >= 4 is 0 Å². The monoisotopic (exact) mass is 176 g/mol. The first kappa shape index (κ1) is 11.8. The highest BCUT2D eigenvalue weighted by Crippen LogP contribution is 2.07. The molecule has 4 nitrogen and oxygen atoms in total. The second-order valence-corrected chi connectivity index (χ2v) is 2.08. The summed E-state index contributed by atoms with van der Waals surface area (Å²) in [5, 5.41) is 0. The molecule has 0 saturated heterocycles. The van der Waals surface area contributed by atoms with Crippen LogP contribution in [0.1, 0.15) is 20.8 Å². The average molecular weight is 176 g/mol. The normalized spacial score (nSPS) is 11.5. The molecule has 0 unspecified atom stereocenters. The van der Waals surface area contributed by atoms with Gasteiger partial charge in [-0.15, -0.1) is 0 Å². The van der Waals surface area contributed by atoms with Gasteiger partial charge in [-0.05, 0) is 20.8 Å². The van der Waals surface area contributed by atoms with Crippen LogP contribution in [0.25, 0.3) is 0 Å². The van der Waals surface area contributed by atoms with Crippen molar-refractivity contribution in [3.05, 3.63) is 6.23 Å². The Morgan fingerprint density at radius 2 is 1.58 bits per heavy atom. The highest BCUT2D eigenvalue weighted by atomic mass is 16.7. The zero-order chi connectivity index (χ0) is 9.40. The lowest BCUT2D eigenvalue weighted by Crippen LogP contribution is -2.33. The Labute approximate surface area is 74.0 Å². The lowest BCUT2D eigenvalue weighted by atomic mass is 10.5. The van der Waals surface area contributed by atoms with Gasteiger partial charge in [-0.3, -0.25) is 5.73 Å². The quantitative estimate of drug-likeness (QED) is 0.585. The van der Waals surface area contributed by atoms with Crippen molar-refractivity contribution in [2.24, 2.45) is 5.73 Å². The van der Waals surface area contributed by atoms with E-state index in [0.29, 0.717) is 26.0 Å². The Kier molecular flexibility index (Phi) is 7.39. The molecule has 0 bridgehead atoms. The maximum Gasteiger partial charge on any atom is 0.216 e. The summed E-state index contributed by atoms with van der Waals surface area (Å²) in [6, 6.07) is 0. The third-order valence-electron chi connectivity index (χ3n) is 1.18. The molecule has 0 amide bonds. The first-order valence-electron chi connectivity index (χ1n) is 4.24. The van der Waals surface area contributed by atoms with E-state index in [-0.39, 0.29) is 0 Å². The first-order chi connectivity index (χ1) is 5.76. The lowest BCUT2D eigenvalue weighted by molar-refractivity contribution is -0.161. The summed E-state index contributed by atoms with van der Waals surface area (Å²) in [5.41, 5.74) is 5.55. The van der Waals surface area contributed by atoms with Crippen molar-refractivity contribution in [2.75, 3.05) is 19.8 Å². The van der Waals surface area contributed by atoms with E-state index in [2.05, 4.69) is 0 Å². The largest absolute Gasteiger partial charge is 0.352 e. The molecule has 1 radical (unpaired) electrons. The fraction of sp³-hybridized carbons (Fsp3) is 0.875. The molecule has 0 aromatic heterocycles. The van der Waals surface area contributed by atoms with Crippen LogP contribution >= 0.6 is 0 Å². The molecule has 0 spiro atoms. The van der Waals surface area contributed by atoms with Gasteiger partial charge in [0.2, 0.25) is 12.5 Å². The van der Waals surface area contributed by atoms with Gasteiger partial charge < -0.3 is 14.2 Å². The first-order valence-corrected chi connectivity index (χ1v) is 4.24. The van der Waals surface area contributed by atoms with E-state index in [1.807, 2.05) is 20.8 Å². The standard InChI is InChI=1S/C8H18NO3/c1-4-10-7(9)8(11-5-2)12-6-3/h8H,4-6,9H2,1-3H3. The molecular formula is C8H18NO3. The maximum absolute atomic E-state index is 5.55. The van der Waals surface area contributed by atoms with Crippen molar-refractivity contribution in [1.82, 2.24) is 0 Å². The molecule has 2 N–H and O–H groups in total. The minimum atomic E-state index is -0.528. The summed E-state index contributed by atoms with van der Waals surface area (Å²) in [4.78, 5) is 0. The topological polar surface area (TPSA) is 53.7 Å². The van der Waals surface area contributed by atoms with Gasteiger partial charge in [0.25, 0.3) is 0 Å². The van der Waals surface area contributed by atoms with Crippen molar-refractivity contribution in [3.63, 3.8) is 0 Å². The summed E-state index contributed by atoms with van der Waals surface area (Å²) in [6.07, 6.45) is -0.235. The van der Waals surface area contributed by atoms with Crippen molar-refractivity contribution in [3.8, 4) is 0 Å². The molecule has 4 heteroatoms. The lowest BCUT2D eigenvalue weighted by Gasteiger charge is -2.21. The Morgan fingerprint density at radius 1 is 1.08 bits per heavy atom. The summed E-state index contributed by atoms with van der Waals surface area (Å²) in [5.74, 6) is 0. The van der Waals surface area contributed by atoms with E-state index in [1.54, 1.807) is 0 Å². The van der Waals surface area contributed by atoms with Crippen LogP contribution in [0.4, 0.5) is 0 Å². The van der Waals surface area contributed by atoms with Crippen LogP contribution < -0.4 is 5.73 Å². The van der Waals surface area contributed by atoms with Gasteiger partial charge in [0, 0.05) is 19.8 Å². The molecule has 73 valence electrons. The second kappa shape index (κ2) is 7.49. The molecule has 0 heterocycles. The Balaban J connectivity index is 3.72. The van der Waals surface area contributed by atoms with Gasteiger partial charge in [-0.1, -0.05) is 0 Å². The molecule has 0 aromatic rings. The molecule has 0 aliphatic carbocycles. The van der Waals surface area contributed by atoms with Gasteiger partial charge in [-0.25, -0.2) is 0 Å². The Hall–Kier alpha value is -0.160. The number of ether oxygens (including phenoxy) is 3. The smallest absolute Gasteiger partial charge is 0.216 e. The highest BCUT2D eigenvalue weighted by molar-refractivity contribution is 4.74. The third-order valence-corrected chi connectivity index (χ3v) is 1.18. The zero-order valence-electron chi connectivity index (χ0n) is 8.00. The fourth-order valence-corrected chi connectivity index (χ4v) is 0.750. The van der Waals surface area contributed by atoms with Crippen LogP contribution in [-0.2, 0) is 14.2 Å². The van der Waals surface area contributed by atoms with Gasteiger partial charge in [-0.2, -0.15) is 0 Å². The van der Waals surface area contributed by atoms with E-state index in [9.17, 15) is 0 Å². The molecule has 0 rings (SSSR count). The van der Waals surface area contributed by atoms with E-state index in [0.717, 1.165) is 0 Å². The number of rotatable bonds is 7. The predicted octanol–water partition coefficient (Wildman–Crippen LogP) is 0.870. The van der Waals surface area contributed by atoms with E-state index >= 15 is 0 Å². The Morgan fingerprint density at radius 3 is 1.92 bits per heavy atom. The van der Waals surface area contributed by atoms with Crippen LogP contribution in [-0.4, -0.2) is 26.1 Å². The average Bonchev–Trinajstić information content (AvgIpc) is 2.04. The molecule has 12 heavy (non-hydrogen) atoms. The van der Waals surface area contributed by atoms with Crippen molar-refractivity contribution in [1.29, 1.82) is 0 Å². The zero-order valence-corrected chi connectivity index (χ0v) is 8.00. The number of nitrogens with two attached hydrogens (primary N) is 1.